The molecule has 0 bridgehead atoms. The molecule has 0 aliphatic heterocycles. The molecular formula is C13H18N2O2. The zero-order chi connectivity index (χ0) is 13.0. The van der Waals surface area contributed by atoms with Crippen LogP contribution in [0.15, 0.2) is 24.3 Å². The predicted molar refractivity (Wildman–Crippen MR) is 66.7 cm³/mol. The van der Waals surface area contributed by atoms with Gasteiger partial charge in [0.15, 0.2) is 0 Å². The molecule has 0 aromatic heterocycles. The Morgan fingerprint density at radius 3 is 1.94 bits per heavy atom. The molecule has 0 fully saturated rings. The van der Waals surface area contributed by atoms with Gasteiger partial charge >= 0.3 is 0 Å². The van der Waals surface area contributed by atoms with Crippen molar-refractivity contribution in [3.05, 3.63) is 35.4 Å². The molecule has 0 saturated heterocycles. The maximum Gasteiger partial charge on any atom is 0.251 e. The van der Waals surface area contributed by atoms with Crippen molar-refractivity contribution >= 4 is 11.8 Å². The summed E-state index contributed by atoms with van der Waals surface area (Å²) in [7, 11) is 0. The van der Waals surface area contributed by atoms with Crippen LogP contribution in [0.2, 0.25) is 0 Å². The second-order valence-electron chi connectivity index (χ2n) is 4.45. The normalized spacial score (nSPS) is 12.2. The molecule has 1 unspecified atom stereocenters. The molecule has 0 heterocycles. The molecule has 92 valence electrons. The lowest BCUT2D eigenvalue weighted by Crippen LogP contribution is -2.36. The van der Waals surface area contributed by atoms with E-state index in [1.807, 2.05) is 20.8 Å². The quantitative estimate of drug-likeness (QED) is 0.829. The fraction of sp³-hybridized carbons (Fsp3) is 0.385. The van der Waals surface area contributed by atoms with Gasteiger partial charge in [0.2, 0.25) is 5.91 Å². The second kappa shape index (κ2) is 5.48. The SMILES string of the molecule is CC(C)C(C)NC(=O)c1ccc(C(N)=O)cc1. The van der Waals surface area contributed by atoms with Crippen molar-refractivity contribution in [1.82, 2.24) is 5.32 Å². The minimum absolute atomic E-state index is 0.110. The summed E-state index contributed by atoms with van der Waals surface area (Å²) in [5.41, 5.74) is 6.05. The van der Waals surface area contributed by atoms with E-state index >= 15 is 0 Å². The van der Waals surface area contributed by atoms with E-state index < -0.39 is 5.91 Å². The van der Waals surface area contributed by atoms with E-state index in [1.165, 1.54) is 0 Å². The van der Waals surface area contributed by atoms with Gasteiger partial charge in [0, 0.05) is 17.2 Å². The molecule has 0 radical (unpaired) electrons. The Kier molecular flexibility index (Phi) is 4.26. The highest BCUT2D eigenvalue weighted by atomic mass is 16.2. The number of primary amides is 1. The number of nitrogens with two attached hydrogens (primary N) is 1. The van der Waals surface area contributed by atoms with Crippen molar-refractivity contribution in [2.75, 3.05) is 0 Å². The summed E-state index contributed by atoms with van der Waals surface area (Å²) in [6, 6.07) is 6.41. The third-order valence-electron chi connectivity index (χ3n) is 2.79. The van der Waals surface area contributed by atoms with Crippen LogP contribution in [-0.2, 0) is 0 Å². The third kappa shape index (κ3) is 3.59. The monoisotopic (exact) mass is 234 g/mol. The van der Waals surface area contributed by atoms with E-state index in [4.69, 9.17) is 5.73 Å². The van der Waals surface area contributed by atoms with E-state index in [0.717, 1.165) is 0 Å². The number of rotatable bonds is 4. The Bertz CT molecular complexity index is 410. The van der Waals surface area contributed by atoms with E-state index in [9.17, 15) is 9.59 Å². The van der Waals surface area contributed by atoms with E-state index in [2.05, 4.69) is 5.32 Å². The Labute approximate surface area is 101 Å². The summed E-state index contributed by atoms with van der Waals surface area (Å²) < 4.78 is 0. The van der Waals surface area contributed by atoms with Crippen molar-refractivity contribution in [3.8, 4) is 0 Å². The van der Waals surface area contributed by atoms with Crippen molar-refractivity contribution in [2.24, 2.45) is 11.7 Å². The van der Waals surface area contributed by atoms with Crippen LogP contribution in [0.4, 0.5) is 0 Å². The molecule has 1 aromatic rings. The highest BCUT2D eigenvalue weighted by molar-refractivity contribution is 5.97. The molecule has 4 nitrogen and oxygen atoms in total. The van der Waals surface area contributed by atoms with Crippen molar-refractivity contribution in [2.45, 2.75) is 26.8 Å². The highest BCUT2D eigenvalue weighted by Crippen LogP contribution is 2.06. The van der Waals surface area contributed by atoms with Crippen LogP contribution in [0.5, 0.6) is 0 Å². The zero-order valence-corrected chi connectivity index (χ0v) is 10.4. The maximum atomic E-state index is 11.8. The first-order chi connectivity index (χ1) is 7.91. The largest absolute Gasteiger partial charge is 0.366 e. The van der Waals surface area contributed by atoms with E-state index in [0.29, 0.717) is 17.0 Å². The van der Waals surface area contributed by atoms with Gasteiger partial charge in [-0.3, -0.25) is 9.59 Å². The summed E-state index contributed by atoms with van der Waals surface area (Å²) in [5.74, 6) is -0.251. The van der Waals surface area contributed by atoms with Crippen LogP contribution in [0, 0.1) is 5.92 Å². The number of carbonyl (C=O) groups excluding carboxylic acids is 2. The molecule has 17 heavy (non-hydrogen) atoms. The topological polar surface area (TPSA) is 72.2 Å². The number of carbonyl (C=O) groups is 2. The first-order valence-corrected chi connectivity index (χ1v) is 5.62. The third-order valence-corrected chi connectivity index (χ3v) is 2.79. The molecule has 1 aromatic carbocycles. The zero-order valence-electron chi connectivity index (χ0n) is 10.4. The van der Waals surface area contributed by atoms with Gasteiger partial charge in [-0.05, 0) is 37.1 Å². The van der Waals surface area contributed by atoms with Crippen molar-refractivity contribution < 1.29 is 9.59 Å². The summed E-state index contributed by atoms with van der Waals surface area (Å²) in [5, 5.41) is 2.89. The Morgan fingerprint density at radius 2 is 1.53 bits per heavy atom. The summed E-state index contributed by atoms with van der Waals surface area (Å²) in [6.45, 7) is 6.04. The van der Waals surface area contributed by atoms with Crippen LogP contribution in [0.1, 0.15) is 41.5 Å². The molecule has 4 heteroatoms. The predicted octanol–water partition coefficient (Wildman–Crippen LogP) is 1.56. The Hall–Kier alpha value is -1.84. The average molecular weight is 234 g/mol. The Morgan fingerprint density at radius 1 is 1.06 bits per heavy atom. The molecule has 0 spiro atoms. The van der Waals surface area contributed by atoms with Crippen molar-refractivity contribution in [3.63, 3.8) is 0 Å². The van der Waals surface area contributed by atoms with Gasteiger partial charge in [-0.25, -0.2) is 0 Å². The Balaban J connectivity index is 2.73. The van der Waals surface area contributed by atoms with Crippen LogP contribution in [0.25, 0.3) is 0 Å². The van der Waals surface area contributed by atoms with Gasteiger partial charge in [0.25, 0.3) is 5.91 Å². The average Bonchev–Trinajstić information content (AvgIpc) is 2.28. The number of hydrogen-bond acceptors (Lipinski definition) is 2. The first-order valence-electron chi connectivity index (χ1n) is 5.62. The van der Waals surface area contributed by atoms with Gasteiger partial charge in [-0.15, -0.1) is 0 Å². The lowest BCUT2D eigenvalue weighted by molar-refractivity contribution is 0.0928. The summed E-state index contributed by atoms with van der Waals surface area (Å²) in [6.07, 6.45) is 0. The molecule has 0 aliphatic carbocycles. The van der Waals surface area contributed by atoms with Gasteiger partial charge in [-0.1, -0.05) is 13.8 Å². The molecule has 1 atom stereocenters. The van der Waals surface area contributed by atoms with E-state index in [1.54, 1.807) is 24.3 Å². The van der Waals surface area contributed by atoms with Crippen molar-refractivity contribution in [1.29, 1.82) is 0 Å². The van der Waals surface area contributed by atoms with Crippen LogP contribution in [0.3, 0.4) is 0 Å². The minimum Gasteiger partial charge on any atom is -0.366 e. The van der Waals surface area contributed by atoms with Gasteiger partial charge < -0.3 is 11.1 Å². The molecule has 1 rings (SSSR count). The number of nitrogens with one attached hydrogen (secondary N) is 1. The fourth-order valence-corrected chi connectivity index (χ4v) is 1.24. The first kappa shape index (κ1) is 13.2. The molecule has 0 saturated carbocycles. The number of hydrogen-bond donors (Lipinski definition) is 2. The van der Waals surface area contributed by atoms with Gasteiger partial charge in [0.05, 0.1) is 0 Å². The second-order valence-corrected chi connectivity index (χ2v) is 4.45. The molecular weight excluding hydrogens is 216 g/mol. The van der Waals surface area contributed by atoms with Gasteiger partial charge in [0.1, 0.15) is 0 Å². The van der Waals surface area contributed by atoms with Gasteiger partial charge in [-0.2, -0.15) is 0 Å². The number of amides is 2. The smallest absolute Gasteiger partial charge is 0.251 e. The molecule has 0 aliphatic rings. The maximum absolute atomic E-state index is 11.8. The summed E-state index contributed by atoms with van der Waals surface area (Å²) >= 11 is 0. The number of benzene rings is 1. The van der Waals surface area contributed by atoms with Crippen LogP contribution in [-0.4, -0.2) is 17.9 Å². The standard InChI is InChI=1S/C13H18N2O2/c1-8(2)9(3)15-13(17)11-6-4-10(5-7-11)12(14)16/h4-9H,1-3H3,(H2,14,16)(H,15,17). The molecule has 3 N–H and O–H groups in total. The fourth-order valence-electron chi connectivity index (χ4n) is 1.24. The molecule has 2 amide bonds. The lowest BCUT2D eigenvalue weighted by Gasteiger charge is -2.17. The van der Waals surface area contributed by atoms with Crippen LogP contribution >= 0.6 is 0 Å². The van der Waals surface area contributed by atoms with Crippen LogP contribution < -0.4 is 11.1 Å². The minimum atomic E-state index is -0.493. The summed E-state index contributed by atoms with van der Waals surface area (Å²) in [4.78, 5) is 22.7. The lowest BCUT2D eigenvalue weighted by atomic mass is 10.1. The van der Waals surface area contributed by atoms with E-state index in [-0.39, 0.29) is 11.9 Å². The highest BCUT2D eigenvalue weighted by Gasteiger charge is 2.12.